The van der Waals surface area contributed by atoms with Crippen LogP contribution in [0.1, 0.15) is 5.56 Å². The quantitative estimate of drug-likeness (QED) is 0.289. The summed E-state index contributed by atoms with van der Waals surface area (Å²) < 4.78 is 11.4. The molecule has 2 N–H and O–H groups in total. The molecule has 1 aromatic heterocycles. The highest BCUT2D eigenvalue weighted by Crippen LogP contribution is 2.35. The molecular formula is C25H19Cl2N3O3. The molecule has 0 bridgehead atoms. The van der Waals surface area contributed by atoms with Crippen LogP contribution >= 0.6 is 23.2 Å². The Morgan fingerprint density at radius 3 is 2.12 bits per heavy atom. The van der Waals surface area contributed by atoms with E-state index in [1.165, 1.54) is 6.20 Å². The number of halogens is 2. The standard InChI is InChI=1S/C25H19Cl2N3O3/c26-21-7-4-8-22(27)24(21)33-23-14-11-19(15-28-23)30-25(31)29-18-9-12-20(13-10-18)32-16-17-5-2-1-3-6-17/h1-15H,16H2,(H2,29,30,31). The molecule has 0 fully saturated rings. The molecule has 0 radical (unpaired) electrons. The van der Waals surface area contributed by atoms with E-state index in [9.17, 15) is 4.79 Å². The van der Waals surface area contributed by atoms with Crippen molar-refractivity contribution < 1.29 is 14.3 Å². The van der Waals surface area contributed by atoms with E-state index in [0.29, 0.717) is 45.4 Å². The van der Waals surface area contributed by atoms with Crippen molar-refractivity contribution in [1.29, 1.82) is 0 Å². The van der Waals surface area contributed by atoms with Crippen LogP contribution in [0.2, 0.25) is 10.0 Å². The van der Waals surface area contributed by atoms with Gasteiger partial charge in [0.25, 0.3) is 0 Å². The molecule has 0 spiro atoms. The van der Waals surface area contributed by atoms with E-state index in [2.05, 4.69) is 15.6 Å². The van der Waals surface area contributed by atoms with Crippen LogP contribution in [0.5, 0.6) is 17.4 Å². The lowest BCUT2D eigenvalue weighted by molar-refractivity contribution is 0.262. The number of carbonyl (C=O) groups excluding carboxylic acids is 1. The molecule has 8 heteroatoms. The predicted octanol–water partition coefficient (Wildman–Crippen LogP) is 7.40. The van der Waals surface area contributed by atoms with Gasteiger partial charge >= 0.3 is 6.03 Å². The first-order chi connectivity index (χ1) is 16.1. The number of benzene rings is 3. The SMILES string of the molecule is O=C(Nc1ccc(OCc2ccccc2)cc1)Nc1ccc(Oc2c(Cl)cccc2Cl)nc1. The molecule has 2 amide bonds. The molecule has 0 aliphatic rings. The van der Waals surface area contributed by atoms with Crippen LogP contribution in [0.3, 0.4) is 0 Å². The maximum Gasteiger partial charge on any atom is 0.323 e. The van der Waals surface area contributed by atoms with Gasteiger partial charge in [0.15, 0.2) is 5.75 Å². The molecule has 0 atom stereocenters. The van der Waals surface area contributed by atoms with E-state index in [1.54, 1.807) is 54.6 Å². The van der Waals surface area contributed by atoms with E-state index in [1.807, 2.05) is 30.3 Å². The first-order valence-corrected chi connectivity index (χ1v) is 10.7. The summed E-state index contributed by atoms with van der Waals surface area (Å²) in [5, 5.41) is 6.23. The Morgan fingerprint density at radius 2 is 1.45 bits per heavy atom. The lowest BCUT2D eigenvalue weighted by Crippen LogP contribution is -2.19. The number of urea groups is 1. The molecule has 0 unspecified atom stereocenters. The minimum atomic E-state index is -0.405. The number of nitrogens with zero attached hydrogens (tertiary/aromatic N) is 1. The monoisotopic (exact) mass is 479 g/mol. The molecule has 0 saturated heterocycles. The topological polar surface area (TPSA) is 72.5 Å². The van der Waals surface area contributed by atoms with Gasteiger partial charge in [-0.2, -0.15) is 0 Å². The number of hydrogen-bond acceptors (Lipinski definition) is 4. The van der Waals surface area contributed by atoms with Gasteiger partial charge in [-0.05, 0) is 48.0 Å². The number of amides is 2. The number of pyridine rings is 1. The second-order valence-corrected chi connectivity index (χ2v) is 7.73. The second kappa shape index (κ2) is 10.7. The highest BCUT2D eigenvalue weighted by Gasteiger charge is 2.09. The summed E-state index contributed by atoms with van der Waals surface area (Å²) in [6.07, 6.45) is 1.47. The van der Waals surface area contributed by atoms with Gasteiger partial charge in [-0.15, -0.1) is 0 Å². The normalized spacial score (nSPS) is 10.4. The third kappa shape index (κ3) is 6.38. The van der Waals surface area contributed by atoms with Crippen LogP contribution in [0.15, 0.2) is 91.1 Å². The van der Waals surface area contributed by atoms with Gasteiger partial charge in [0.1, 0.15) is 12.4 Å². The fourth-order valence-corrected chi connectivity index (χ4v) is 3.34. The summed E-state index contributed by atoms with van der Waals surface area (Å²) in [6, 6.07) is 25.0. The highest BCUT2D eigenvalue weighted by molar-refractivity contribution is 6.37. The minimum Gasteiger partial charge on any atom is -0.489 e. The number of para-hydroxylation sites is 1. The maximum atomic E-state index is 12.3. The zero-order valence-corrected chi connectivity index (χ0v) is 18.8. The number of ether oxygens (including phenoxy) is 2. The average Bonchev–Trinajstić information content (AvgIpc) is 2.83. The number of hydrogen-bond donors (Lipinski definition) is 2. The third-order valence-corrected chi connectivity index (χ3v) is 5.08. The fraction of sp³-hybridized carbons (Fsp3) is 0.0400. The van der Waals surface area contributed by atoms with Crippen molar-refractivity contribution in [3.8, 4) is 17.4 Å². The van der Waals surface area contributed by atoms with Gasteiger partial charge in [-0.1, -0.05) is 59.6 Å². The Kier molecular flexibility index (Phi) is 7.29. The van der Waals surface area contributed by atoms with Crippen LogP contribution in [-0.2, 0) is 6.61 Å². The van der Waals surface area contributed by atoms with Gasteiger partial charge in [0.05, 0.1) is 21.9 Å². The Morgan fingerprint density at radius 1 is 0.788 bits per heavy atom. The summed E-state index contributed by atoms with van der Waals surface area (Å²) >= 11 is 12.2. The molecule has 0 aliphatic carbocycles. The summed E-state index contributed by atoms with van der Waals surface area (Å²) in [5.74, 6) is 1.33. The first kappa shape index (κ1) is 22.5. The van der Waals surface area contributed by atoms with Crippen LogP contribution in [0.4, 0.5) is 16.2 Å². The summed E-state index contributed by atoms with van der Waals surface area (Å²) in [5.41, 5.74) is 2.20. The molecule has 0 aliphatic heterocycles. The second-order valence-electron chi connectivity index (χ2n) is 6.92. The van der Waals surface area contributed by atoms with E-state index in [-0.39, 0.29) is 0 Å². The Balaban J connectivity index is 1.28. The summed E-state index contributed by atoms with van der Waals surface area (Å²) in [4.78, 5) is 16.5. The minimum absolute atomic E-state index is 0.294. The molecule has 166 valence electrons. The van der Waals surface area contributed by atoms with Crippen molar-refractivity contribution in [1.82, 2.24) is 4.98 Å². The number of rotatable bonds is 7. The lowest BCUT2D eigenvalue weighted by atomic mass is 10.2. The molecule has 33 heavy (non-hydrogen) atoms. The van der Waals surface area contributed by atoms with Crippen LogP contribution in [-0.4, -0.2) is 11.0 Å². The van der Waals surface area contributed by atoms with Crippen LogP contribution in [0.25, 0.3) is 0 Å². The van der Waals surface area contributed by atoms with E-state index in [4.69, 9.17) is 32.7 Å². The molecular weight excluding hydrogens is 461 g/mol. The van der Waals surface area contributed by atoms with Crippen molar-refractivity contribution in [2.24, 2.45) is 0 Å². The van der Waals surface area contributed by atoms with Gasteiger partial charge in [-0.25, -0.2) is 9.78 Å². The molecule has 6 nitrogen and oxygen atoms in total. The molecule has 3 aromatic carbocycles. The van der Waals surface area contributed by atoms with Gasteiger partial charge in [0, 0.05) is 11.8 Å². The van der Waals surface area contributed by atoms with E-state index in [0.717, 1.165) is 5.56 Å². The Hall–Kier alpha value is -3.74. The summed E-state index contributed by atoms with van der Waals surface area (Å²) in [7, 11) is 0. The predicted molar refractivity (Wildman–Crippen MR) is 131 cm³/mol. The van der Waals surface area contributed by atoms with E-state index >= 15 is 0 Å². The number of carbonyl (C=O) groups is 1. The zero-order valence-electron chi connectivity index (χ0n) is 17.3. The van der Waals surface area contributed by atoms with Crippen molar-refractivity contribution in [3.05, 3.63) is 107 Å². The van der Waals surface area contributed by atoms with Gasteiger partial charge < -0.3 is 20.1 Å². The lowest BCUT2D eigenvalue weighted by Gasteiger charge is -2.11. The maximum absolute atomic E-state index is 12.3. The van der Waals surface area contributed by atoms with Crippen LogP contribution < -0.4 is 20.1 Å². The van der Waals surface area contributed by atoms with Gasteiger partial charge in [-0.3, -0.25) is 0 Å². The zero-order chi connectivity index (χ0) is 23.0. The number of aromatic nitrogens is 1. The molecule has 4 aromatic rings. The van der Waals surface area contributed by atoms with Crippen molar-refractivity contribution >= 4 is 40.6 Å². The third-order valence-electron chi connectivity index (χ3n) is 4.48. The van der Waals surface area contributed by atoms with Crippen molar-refractivity contribution in [2.75, 3.05) is 10.6 Å². The van der Waals surface area contributed by atoms with Crippen molar-refractivity contribution in [2.45, 2.75) is 6.61 Å². The first-order valence-electron chi connectivity index (χ1n) is 9.99. The molecule has 0 saturated carbocycles. The van der Waals surface area contributed by atoms with E-state index < -0.39 is 6.03 Å². The summed E-state index contributed by atoms with van der Waals surface area (Å²) in [6.45, 7) is 0.476. The van der Waals surface area contributed by atoms with Crippen molar-refractivity contribution in [3.63, 3.8) is 0 Å². The smallest absolute Gasteiger partial charge is 0.323 e. The molecule has 1 heterocycles. The fourth-order valence-electron chi connectivity index (χ4n) is 2.87. The molecule has 4 rings (SSSR count). The number of nitrogens with one attached hydrogen (secondary N) is 2. The highest BCUT2D eigenvalue weighted by atomic mass is 35.5. The largest absolute Gasteiger partial charge is 0.489 e. The van der Waals surface area contributed by atoms with Gasteiger partial charge in [0.2, 0.25) is 5.88 Å². The van der Waals surface area contributed by atoms with Crippen LogP contribution in [0, 0.1) is 0 Å². The Bertz CT molecular complexity index is 1200. The average molecular weight is 480 g/mol. The Labute approximate surface area is 201 Å². The number of anilines is 2.